The van der Waals surface area contributed by atoms with Gasteiger partial charge in [0.15, 0.2) is 0 Å². The Kier molecular flexibility index (Phi) is 6.69. The second-order valence-corrected chi connectivity index (χ2v) is 7.54. The molecule has 1 aromatic heterocycles. The first kappa shape index (κ1) is 15.1. The molecule has 0 bridgehead atoms. The molecule has 1 atom stereocenters. The first-order valence-electron chi connectivity index (χ1n) is 5.54. The van der Waals surface area contributed by atoms with Crippen molar-refractivity contribution < 1.29 is 4.79 Å². The minimum atomic E-state index is -0.0645. The minimum Gasteiger partial charge on any atom is -0.348 e. The zero-order valence-corrected chi connectivity index (χ0v) is 13.6. The van der Waals surface area contributed by atoms with E-state index in [4.69, 9.17) is 5.73 Å². The maximum Gasteiger partial charge on any atom is 0.253 e. The first-order chi connectivity index (χ1) is 8.08. The van der Waals surface area contributed by atoms with Crippen LogP contribution in [0, 0.1) is 0 Å². The number of carbonyl (C=O) groups is 1. The monoisotopic (exact) mass is 382 g/mol. The maximum atomic E-state index is 12.0. The van der Waals surface area contributed by atoms with Crippen LogP contribution in [0.4, 0.5) is 0 Å². The van der Waals surface area contributed by atoms with E-state index in [-0.39, 0.29) is 11.9 Å². The van der Waals surface area contributed by atoms with Crippen molar-refractivity contribution in [2.45, 2.75) is 32.2 Å². The SMILES string of the molecule is CCCCC(CN)NC(=O)c1cc(Br)sc1Br. The summed E-state index contributed by atoms with van der Waals surface area (Å²) in [7, 11) is 0. The quantitative estimate of drug-likeness (QED) is 0.789. The molecule has 3 nitrogen and oxygen atoms in total. The maximum absolute atomic E-state index is 12.0. The molecule has 1 heterocycles. The van der Waals surface area contributed by atoms with Gasteiger partial charge in [-0.1, -0.05) is 19.8 Å². The van der Waals surface area contributed by atoms with Crippen molar-refractivity contribution >= 4 is 49.1 Å². The van der Waals surface area contributed by atoms with E-state index in [9.17, 15) is 4.79 Å². The van der Waals surface area contributed by atoms with E-state index in [1.807, 2.05) is 6.07 Å². The van der Waals surface area contributed by atoms with Crippen molar-refractivity contribution in [3.63, 3.8) is 0 Å². The minimum absolute atomic E-state index is 0.0630. The van der Waals surface area contributed by atoms with Gasteiger partial charge in [-0.3, -0.25) is 4.79 Å². The molecule has 1 aromatic rings. The Labute approximate surface area is 122 Å². The Morgan fingerprint density at radius 3 is 2.76 bits per heavy atom. The van der Waals surface area contributed by atoms with Gasteiger partial charge in [0.2, 0.25) is 0 Å². The summed E-state index contributed by atoms with van der Waals surface area (Å²) in [6.45, 7) is 2.61. The lowest BCUT2D eigenvalue weighted by Gasteiger charge is -2.16. The van der Waals surface area contributed by atoms with Crippen LogP contribution in [0.1, 0.15) is 36.5 Å². The molecule has 0 radical (unpaired) electrons. The van der Waals surface area contributed by atoms with Crippen molar-refractivity contribution in [2.75, 3.05) is 6.54 Å². The number of amides is 1. The van der Waals surface area contributed by atoms with Gasteiger partial charge in [0, 0.05) is 12.6 Å². The molecule has 1 amide bonds. The average molecular weight is 384 g/mol. The highest BCUT2D eigenvalue weighted by Gasteiger charge is 2.16. The van der Waals surface area contributed by atoms with Crippen LogP contribution in [0.2, 0.25) is 0 Å². The second kappa shape index (κ2) is 7.51. The summed E-state index contributed by atoms with van der Waals surface area (Å²) in [4.78, 5) is 12.0. The van der Waals surface area contributed by atoms with Crippen molar-refractivity contribution in [1.29, 1.82) is 0 Å². The molecule has 0 spiro atoms. The van der Waals surface area contributed by atoms with Crippen LogP contribution in [0.25, 0.3) is 0 Å². The predicted octanol–water partition coefficient (Wildman–Crippen LogP) is 3.52. The van der Waals surface area contributed by atoms with E-state index >= 15 is 0 Å². The highest BCUT2D eigenvalue weighted by atomic mass is 79.9. The van der Waals surface area contributed by atoms with Crippen LogP contribution >= 0.6 is 43.2 Å². The summed E-state index contributed by atoms with van der Waals surface area (Å²) in [5.74, 6) is -0.0645. The van der Waals surface area contributed by atoms with Crippen LogP contribution in [-0.2, 0) is 0 Å². The lowest BCUT2D eigenvalue weighted by Crippen LogP contribution is -2.40. The third kappa shape index (κ3) is 4.69. The zero-order chi connectivity index (χ0) is 12.8. The van der Waals surface area contributed by atoms with Crippen molar-refractivity contribution in [2.24, 2.45) is 5.73 Å². The topological polar surface area (TPSA) is 55.1 Å². The van der Waals surface area contributed by atoms with Crippen LogP contribution < -0.4 is 11.1 Å². The molecule has 0 aliphatic rings. The molecule has 6 heteroatoms. The Morgan fingerprint density at radius 1 is 1.59 bits per heavy atom. The lowest BCUT2D eigenvalue weighted by atomic mass is 10.1. The van der Waals surface area contributed by atoms with E-state index in [2.05, 4.69) is 44.1 Å². The Bertz CT molecular complexity index is 382. The third-order valence-corrected chi connectivity index (χ3v) is 4.77. The summed E-state index contributed by atoms with van der Waals surface area (Å²) in [5, 5.41) is 2.96. The van der Waals surface area contributed by atoms with Gasteiger partial charge in [0.1, 0.15) is 0 Å². The van der Waals surface area contributed by atoms with E-state index in [0.717, 1.165) is 26.8 Å². The first-order valence-corrected chi connectivity index (χ1v) is 7.94. The number of thiophene rings is 1. The summed E-state index contributed by atoms with van der Waals surface area (Å²) < 4.78 is 1.78. The van der Waals surface area contributed by atoms with Gasteiger partial charge in [0.25, 0.3) is 5.91 Å². The smallest absolute Gasteiger partial charge is 0.253 e. The fourth-order valence-corrected chi connectivity index (χ4v) is 4.25. The summed E-state index contributed by atoms with van der Waals surface area (Å²) in [6, 6.07) is 1.88. The summed E-state index contributed by atoms with van der Waals surface area (Å²) >= 11 is 8.23. The van der Waals surface area contributed by atoms with E-state index in [0.29, 0.717) is 12.1 Å². The lowest BCUT2D eigenvalue weighted by molar-refractivity contribution is 0.0935. The van der Waals surface area contributed by atoms with E-state index < -0.39 is 0 Å². The Balaban J connectivity index is 2.61. The molecule has 0 fully saturated rings. The number of carbonyl (C=O) groups excluding carboxylic acids is 1. The molecule has 0 saturated heterocycles. The molecule has 17 heavy (non-hydrogen) atoms. The number of rotatable bonds is 6. The molecule has 1 unspecified atom stereocenters. The number of unbranched alkanes of at least 4 members (excludes halogenated alkanes) is 1. The molecule has 0 saturated carbocycles. The molecule has 0 aliphatic carbocycles. The van der Waals surface area contributed by atoms with Gasteiger partial charge in [0.05, 0.1) is 13.1 Å². The van der Waals surface area contributed by atoms with Crippen LogP contribution in [0.3, 0.4) is 0 Å². The largest absolute Gasteiger partial charge is 0.348 e. The standard InChI is InChI=1S/C11H16Br2N2OS/c1-2-3-4-7(6-14)15-11(16)8-5-9(12)17-10(8)13/h5,7H,2-4,6,14H2,1H3,(H,15,16). The molecule has 3 N–H and O–H groups in total. The number of nitrogens with two attached hydrogens (primary N) is 1. The highest BCUT2D eigenvalue weighted by molar-refractivity contribution is 9.12. The van der Waals surface area contributed by atoms with E-state index in [1.54, 1.807) is 0 Å². The normalized spacial score (nSPS) is 12.5. The average Bonchev–Trinajstić information content (AvgIpc) is 2.63. The fraction of sp³-hybridized carbons (Fsp3) is 0.545. The molecule has 1 rings (SSSR count). The highest BCUT2D eigenvalue weighted by Crippen LogP contribution is 2.31. The predicted molar refractivity (Wildman–Crippen MR) is 79.6 cm³/mol. The van der Waals surface area contributed by atoms with Gasteiger partial charge in [-0.05, 0) is 44.3 Å². The zero-order valence-electron chi connectivity index (χ0n) is 9.63. The Hall–Kier alpha value is 0.0900. The van der Waals surface area contributed by atoms with Gasteiger partial charge in [-0.2, -0.15) is 0 Å². The summed E-state index contributed by atoms with van der Waals surface area (Å²) in [6.07, 6.45) is 3.12. The van der Waals surface area contributed by atoms with Crippen molar-refractivity contribution in [3.05, 3.63) is 19.2 Å². The van der Waals surface area contributed by atoms with Gasteiger partial charge in [-0.25, -0.2) is 0 Å². The molecule has 96 valence electrons. The van der Waals surface area contributed by atoms with Crippen LogP contribution in [0.5, 0.6) is 0 Å². The van der Waals surface area contributed by atoms with Crippen LogP contribution in [-0.4, -0.2) is 18.5 Å². The fourth-order valence-electron chi connectivity index (χ4n) is 1.46. The molecule has 0 aliphatic heterocycles. The second-order valence-electron chi connectivity index (χ2n) is 3.79. The van der Waals surface area contributed by atoms with E-state index in [1.165, 1.54) is 11.3 Å². The molecular formula is C11H16Br2N2OS. The molecule has 0 aromatic carbocycles. The number of nitrogens with one attached hydrogen (secondary N) is 1. The van der Waals surface area contributed by atoms with Gasteiger partial charge in [-0.15, -0.1) is 11.3 Å². The Morgan fingerprint density at radius 2 is 2.29 bits per heavy atom. The molecular weight excluding hydrogens is 368 g/mol. The number of hydrogen-bond donors (Lipinski definition) is 2. The third-order valence-electron chi connectivity index (χ3n) is 2.43. The van der Waals surface area contributed by atoms with Crippen LogP contribution in [0.15, 0.2) is 13.6 Å². The van der Waals surface area contributed by atoms with Crippen molar-refractivity contribution in [3.8, 4) is 0 Å². The number of hydrogen-bond acceptors (Lipinski definition) is 3. The van der Waals surface area contributed by atoms with Gasteiger partial charge < -0.3 is 11.1 Å². The van der Waals surface area contributed by atoms with Gasteiger partial charge >= 0.3 is 0 Å². The van der Waals surface area contributed by atoms with Crippen molar-refractivity contribution in [1.82, 2.24) is 5.32 Å². The number of halogens is 2. The summed E-state index contributed by atoms with van der Waals surface area (Å²) in [5.41, 5.74) is 6.31.